The van der Waals surface area contributed by atoms with E-state index in [9.17, 15) is 4.79 Å². The van der Waals surface area contributed by atoms with Gasteiger partial charge in [0.2, 0.25) is 11.0 Å². The third-order valence-electron chi connectivity index (χ3n) is 5.93. The van der Waals surface area contributed by atoms with Crippen molar-refractivity contribution in [3.05, 3.63) is 52.7 Å². The van der Waals surface area contributed by atoms with E-state index in [2.05, 4.69) is 18.3 Å². The molecule has 4 aromatic rings. The molecular formula is C24H24N4O4S. The minimum Gasteiger partial charge on any atom is -0.496 e. The molecule has 2 aromatic carbocycles. The molecule has 9 heteroatoms. The molecule has 0 bridgehead atoms. The van der Waals surface area contributed by atoms with Gasteiger partial charge in [-0.25, -0.2) is 4.98 Å². The topological polar surface area (TPSA) is 87.5 Å². The third kappa shape index (κ3) is 3.48. The van der Waals surface area contributed by atoms with Crippen molar-refractivity contribution in [2.75, 3.05) is 26.6 Å². The van der Waals surface area contributed by atoms with Crippen LogP contribution < -0.4 is 19.5 Å². The van der Waals surface area contributed by atoms with Crippen LogP contribution in [0.1, 0.15) is 34.7 Å². The van der Waals surface area contributed by atoms with Crippen LogP contribution in [0.3, 0.4) is 0 Å². The summed E-state index contributed by atoms with van der Waals surface area (Å²) in [6.45, 7) is 4.00. The number of nitrogens with zero attached hydrogens (tertiary/aromatic N) is 3. The van der Waals surface area contributed by atoms with Crippen molar-refractivity contribution in [1.29, 1.82) is 0 Å². The number of hydrogen-bond acceptors (Lipinski definition) is 7. The first-order valence-electron chi connectivity index (χ1n) is 10.5. The summed E-state index contributed by atoms with van der Waals surface area (Å²) in [6.07, 6.45) is 0.268. The first kappa shape index (κ1) is 21.3. The molecule has 1 aliphatic rings. The molecule has 0 spiro atoms. The summed E-state index contributed by atoms with van der Waals surface area (Å²) < 4.78 is 19.4. The summed E-state index contributed by atoms with van der Waals surface area (Å²) >= 11 is 1.54. The Morgan fingerprint density at radius 2 is 1.76 bits per heavy atom. The van der Waals surface area contributed by atoms with Crippen molar-refractivity contribution < 1.29 is 19.0 Å². The van der Waals surface area contributed by atoms with Crippen LogP contribution in [0.15, 0.2) is 30.3 Å². The maximum Gasteiger partial charge on any atom is 0.226 e. The number of ether oxygens (including phenoxy) is 3. The highest BCUT2D eigenvalue weighted by Crippen LogP contribution is 2.46. The van der Waals surface area contributed by atoms with Crippen LogP contribution in [0.2, 0.25) is 0 Å². The highest BCUT2D eigenvalue weighted by Gasteiger charge is 2.35. The van der Waals surface area contributed by atoms with E-state index in [1.807, 2.05) is 25.1 Å². The smallest absolute Gasteiger partial charge is 0.226 e. The molecule has 0 aliphatic carbocycles. The van der Waals surface area contributed by atoms with Crippen molar-refractivity contribution in [2.45, 2.75) is 26.2 Å². The molecule has 0 saturated heterocycles. The second-order valence-corrected chi connectivity index (χ2v) is 8.99. The Bertz CT molecular complexity index is 1390. The lowest BCUT2D eigenvalue weighted by molar-refractivity contribution is -0.116. The van der Waals surface area contributed by atoms with Crippen LogP contribution in [-0.2, 0) is 4.79 Å². The number of amides is 1. The molecule has 5 rings (SSSR count). The van der Waals surface area contributed by atoms with Gasteiger partial charge in [0.25, 0.3) is 0 Å². The molecule has 170 valence electrons. The third-order valence-corrected chi connectivity index (χ3v) is 6.92. The SMILES string of the molecule is COc1cc(OC)c([C@@H]2CC(=O)Nc3c2c(C)nn3-c2nc3ccc(C)cc3s2)cc1OC. The molecule has 0 unspecified atom stereocenters. The summed E-state index contributed by atoms with van der Waals surface area (Å²) in [5.41, 5.74) is 4.68. The lowest BCUT2D eigenvalue weighted by atomic mass is 9.85. The van der Waals surface area contributed by atoms with E-state index >= 15 is 0 Å². The summed E-state index contributed by atoms with van der Waals surface area (Å²) in [4.78, 5) is 17.6. The van der Waals surface area contributed by atoms with Gasteiger partial charge in [0.1, 0.15) is 11.6 Å². The molecule has 1 aliphatic heterocycles. The fourth-order valence-corrected chi connectivity index (χ4v) is 5.41. The number of carbonyl (C=O) groups is 1. The quantitative estimate of drug-likeness (QED) is 0.465. The number of aromatic nitrogens is 3. The normalized spacial score (nSPS) is 15.3. The number of carbonyl (C=O) groups excluding carboxylic acids is 1. The average Bonchev–Trinajstić information content (AvgIpc) is 3.37. The summed E-state index contributed by atoms with van der Waals surface area (Å²) in [7, 11) is 4.77. The van der Waals surface area contributed by atoms with Gasteiger partial charge in [-0.1, -0.05) is 17.4 Å². The predicted octanol–water partition coefficient (Wildman–Crippen LogP) is 4.60. The van der Waals surface area contributed by atoms with Gasteiger partial charge < -0.3 is 19.5 Å². The number of methoxy groups -OCH3 is 3. The molecule has 8 nitrogen and oxygen atoms in total. The van der Waals surface area contributed by atoms with Crippen molar-refractivity contribution in [2.24, 2.45) is 0 Å². The molecule has 33 heavy (non-hydrogen) atoms. The predicted molar refractivity (Wildman–Crippen MR) is 127 cm³/mol. The number of fused-ring (bicyclic) bond motifs is 2. The fourth-order valence-electron chi connectivity index (χ4n) is 4.39. The molecule has 2 aromatic heterocycles. The Kier molecular flexibility index (Phi) is 5.20. The van der Waals surface area contributed by atoms with Crippen molar-refractivity contribution in [1.82, 2.24) is 14.8 Å². The van der Waals surface area contributed by atoms with Gasteiger partial charge in [0.15, 0.2) is 11.5 Å². The van der Waals surface area contributed by atoms with Crippen LogP contribution in [0.25, 0.3) is 15.3 Å². The largest absolute Gasteiger partial charge is 0.496 e. The van der Waals surface area contributed by atoms with E-state index < -0.39 is 0 Å². The molecule has 0 fully saturated rings. The summed E-state index contributed by atoms with van der Waals surface area (Å²) in [5.74, 6) is 2.06. The lowest BCUT2D eigenvalue weighted by Gasteiger charge is -2.26. The second-order valence-electron chi connectivity index (χ2n) is 7.98. The lowest BCUT2D eigenvalue weighted by Crippen LogP contribution is -2.25. The van der Waals surface area contributed by atoms with E-state index in [1.165, 1.54) is 5.56 Å². The maximum absolute atomic E-state index is 12.8. The van der Waals surface area contributed by atoms with Crippen LogP contribution in [0.5, 0.6) is 17.2 Å². The van der Waals surface area contributed by atoms with Gasteiger partial charge in [-0.05, 0) is 37.6 Å². The van der Waals surface area contributed by atoms with Gasteiger partial charge in [-0.2, -0.15) is 9.78 Å². The van der Waals surface area contributed by atoms with E-state index in [1.54, 1.807) is 43.4 Å². The zero-order valence-corrected chi connectivity index (χ0v) is 19.9. The van der Waals surface area contributed by atoms with Gasteiger partial charge in [0, 0.05) is 29.5 Å². The number of thiazole rings is 1. The monoisotopic (exact) mass is 464 g/mol. The number of anilines is 1. The molecule has 3 heterocycles. The van der Waals surface area contributed by atoms with E-state index in [0.29, 0.717) is 28.2 Å². The van der Waals surface area contributed by atoms with Crippen LogP contribution in [-0.4, -0.2) is 42.0 Å². The zero-order chi connectivity index (χ0) is 23.3. The number of aryl methyl sites for hydroxylation is 2. The Hall–Kier alpha value is -3.59. The first-order valence-corrected chi connectivity index (χ1v) is 11.3. The van der Waals surface area contributed by atoms with E-state index in [-0.39, 0.29) is 18.2 Å². The van der Waals surface area contributed by atoms with Crippen molar-refractivity contribution in [3.63, 3.8) is 0 Å². The minimum absolute atomic E-state index is 0.0950. The maximum atomic E-state index is 12.8. The van der Waals surface area contributed by atoms with Crippen LogP contribution >= 0.6 is 11.3 Å². The van der Waals surface area contributed by atoms with Gasteiger partial charge in [-0.15, -0.1) is 0 Å². The second kappa shape index (κ2) is 8.08. The molecule has 1 atom stereocenters. The number of hydrogen-bond donors (Lipinski definition) is 1. The minimum atomic E-state index is -0.256. The van der Waals surface area contributed by atoms with Crippen LogP contribution in [0, 0.1) is 13.8 Å². The molecule has 1 N–H and O–H groups in total. The Morgan fingerprint density at radius 3 is 2.48 bits per heavy atom. The highest BCUT2D eigenvalue weighted by molar-refractivity contribution is 7.20. The molecule has 1 amide bonds. The average molecular weight is 465 g/mol. The van der Waals surface area contributed by atoms with Crippen molar-refractivity contribution >= 4 is 33.3 Å². The molecule has 0 radical (unpaired) electrons. The van der Waals surface area contributed by atoms with Gasteiger partial charge in [-0.3, -0.25) is 4.79 Å². The van der Waals surface area contributed by atoms with Gasteiger partial charge >= 0.3 is 0 Å². The van der Waals surface area contributed by atoms with Crippen molar-refractivity contribution in [3.8, 4) is 22.4 Å². The number of benzene rings is 2. The van der Waals surface area contributed by atoms with E-state index in [0.717, 1.165) is 27.0 Å². The van der Waals surface area contributed by atoms with E-state index in [4.69, 9.17) is 24.3 Å². The number of rotatable bonds is 5. The molecular weight excluding hydrogens is 440 g/mol. The van der Waals surface area contributed by atoms with Gasteiger partial charge in [0.05, 0.1) is 37.2 Å². The number of nitrogens with one attached hydrogen (secondary N) is 1. The van der Waals surface area contributed by atoms with Crippen LogP contribution in [0.4, 0.5) is 5.82 Å². The Balaban J connectivity index is 1.68. The standard InChI is InChI=1S/C24H24N4O4S/c1-12-6-7-16-20(8-12)33-24(25-16)28-23-22(13(2)27-28)15(10-21(29)26-23)14-9-18(31-4)19(32-5)11-17(14)30-3/h6-9,11,15H,10H2,1-5H3,(H,26,29)/t15-/m0/s1. The molecule has 0 saturated carbocycles. The summed E-state index contributed by atoms with van der Waals surface area (Å²) in [6, 6.07) is 9.81. The Labute approximate surface area is 195 Å². The first-order chi connectivity index (χ1) is 15.9. The summed E-state index contributed by atoms with van der Waals surface area (Å²) in [5, 5.41) is 8.51. The Morgan fingerprint density at radius 1 is 1.03 bits per heavy atom. The fraction of sp³-hybridized carbons (Fsp3) is 0.292. The zero-order valence-electron chi connectivity index (χ0n) is 19.1. The highest BCUT2D eigenvalue weighted by atomic mass is 32.1.